The molecule has 1 fully saturated rings. The van der Waals surface area contributed by atoms with Crippen molar-refractivity contribution in [2.24, 2.45) is 0 Å². The van der Waals surface area contributed by atoms with E-state index in [1.807, 2.05) is 0 Å². The van der Waals surface area contributed by atoms with Crippen molar-refractivity contribution in [3.8, 4) is 0 Å². The maximum Gasteiger partial charge on any atom is 0.223 e. The number of nitrogens with zero attached hydrogens (tertiary/aromatic N) is 4. The first-order valence-electron chi connectivity index (χ1n) is 7.05. The fourth-order valence-electron chi connectivity index (χ4n) is 2.13. The highest BCUT2D eigenvalue weighted by atomic mass is 19.1. The molecule has 3 aromatic rings. The first-order chi connectivity index (χ1) is 10.8. The van der Waals surface area contributed by atoms with E-state index >= 15 is 0 Å². The maximum absolute atomic E-state index is 13.3. The molecule has 2 heterocycles. The fraction of sp³-hybridized carbons (Fsp3) is 0.200. The Morgan fingerprint density at radius 1 is 1.14 bits per heavy atom. The van der Waals surface area contributed by atoms with Crippen LogP contribution >= 0.6 is 0 Å². The number of hydrogen-bond acceptors (Lipinski definition) is 6. The van der Waals surface area contributed by atoms with Gasteiger partial charge < -0.3 is 10.6 Å². The minimum atomic E-state index is -0.311. The van der Waals surface area contributed by atoms with E-state index in [0.717, 1.165) is 12.8 Å². The van der Waals surface area contributed by atoms with Crippen molar-refractivity contribution in [1.29, 1.82) is 0 Å². The molecule has 22 heavy (non-hydrogen) atoms. The van der Waals surface area contributed by atoms with Gasteiger partial charge in [0.15, 0.2) is 5.82 Å². The number of rotatable bonds is 4. The number of nitrogens with one attached hydrogen (secondary N) is 2. The van der Waals surface area contributed by atoms with Gasteiger partial charge in [-0.2, -0.15) is 0 Å². The van der Waals surface area contributed by atoms with Crippen LogP contribution in [0, 0.1) is 5.82 Å². The van der Waals surface area contributed by atoms with Gasteiger partial charge >= 0.3 is 0 Å². The molecule has 0 bridgehead atoms. The van der Waals surface area contributed by atoms with E-state index < -0.39 is 0 Å². The SMILES string of the molecule is Fc1cccc(Nc2ncnc3cnc(NC4CC4)nc23)c1. The van der Waals surface area contributed by atoms with Crippen molar-refractivity contribution in [2.75, 3.05) is 10.6 Å². The van der Waals surface area contributed by atoms with Crippen LogP contribution in [0.25, 0.3) is 11.0 Å². The summed E-state index contributed by atoms with van der Waals surface area (Å²) in [5, 5.41) is 6.32. The summed E-state index contributed by atoms with van der Waals surface area (Å²) in [4.78, 5) is 17.1. The molecule has 110 valence electrons. The minimum Gasteiger partial charge on any atom is -0.351 e. The largest absolute Gasteiger partial charge is 0.351 e. The van der Waals surface area contributed by atoms with Gasteiger partial charge in [0.05, 0.1) is 6.20 Å². The highest BCUT2D eigenvalue weighted by molar-refractivity contribution is 5.87. The lowest BCUT2D eigenvalue weighted by molar-refractivity contribution is 0.628. The van der Waals surface area contributed by atoms with E-state index in [1.165, 1.54) is 18.5 Å². The standard InChI is InChI=1S/C15H13FN6/c16-9-2-1-3-11(6-9)20-14-13-12(18-8-19-14)7-17-15(22-13)21-10-4-5-10/h1-3,6-8,10H,4-5H2,(H,17,21,22)(H,18,19,20). The van der Waals surface area contributed by atoms with Gasteiger partial charge in [-0.15, -0.1) is 0 Å². The van der Waals surface area contributed by atoms with Crippen molar-refractivity contribution in [3.63, 3.8) is 0 Å². The average molecular weight is 296 g/mol. The monoisotopic (exact) mass is 296 g/mol. The summed E-state index contributed by atoms with van der Waals surface area (Å²) >= 11 is 0. The zero-order valence-electron chi connectivity index (χ0n) is 11.6. The minimum absolute atomic E-state index is 0.311. The van der Waals surface area contributed by atoms with Gasteiger partial charge in [0.1, 0.15) is 23.2 Å². The smallest absolute Gasteiger partial charge is 0.223 e. The number of benzene rings is 1. The Morgan fingerprint density at radius 2 is 2.05 bits per heavy atom. The Morgan fingerprint density at radius 3 is 2.86 bits per heavy atom. The van der Waals surface area contributed by atoms with Crippen LogP contribution in [0.1, 0.15) is 12.8 Å². The van der Waals surface area contributed by atoms with Gasteiger partial charge in [0, 0.05) is 11.7 Å². The second-order valence-corrected chi connectivity index (χ2v) is 5.20. The lowest BCUT2D eigenvalue weighted by Crippen LogP contribution is -2.06. The summed E-state index contributed by atoms with van der Waals surface area (Å²) in [5.74, 6) is 0.776. The number of fused-ring (bicyclic) bond motifs is 1. The summed E-state index contributed by atoms with van der Waals surface area (Å²) in [6.45, 7) is 0. The van der Waals surface area contributed by atoms with Crippen molar-refractivity contribution >= 4 is 28.5 Å². The molecule has 0 saturated heterocycles. The lowest BCUT2D eigenvalue weighted by atomic mass is 10.3. The molecule has 6 nitrogen and oxygen atoms in total. The van der Waals surface area contributed by atoms with Gasteiger partial charge in [-0.1, -0.05) is 6.07 Å². The maximum atomic E-state index is 13.3. The van der Waals surface area contributed by atoms with Crippen LogP contribution in [0.4, 0.5) is 21.8 Å². The molecule has 0 spiro atoms. The Hall–Kier alpha value is -2.83. The molecule has 0 radical (unpaired) electrons. The number of halogens is 1. The number of hydrogen-bond donors (Lipinski definition) is 2. The van der Waals surface area contributed by atoms with Crippen LogP contribution in [0.5, 0.6) is 0 Å². The summed E-state index contributed by atoms with van der Waals surface area (Å²) in [6, 6.07) is 6.65. The van der Waals surface area contributed by atoms with Crippen LogP contribution in [-0.4, -0.2) is 26.0 Å². The summed E-state index contributed by atoms with van der Waals surface area (Å²) in [5.41, 5.74) is 1.84. The summed E-state index contributed by atoms with van der Waals surface area (Å²) in [6.07, 6.45) is 5.37. The van der Waals surface area contributed by atoms with Crippen LogP contribution in [0.3, 0.4) is 0 Å². The second kappa shape index (κ2) is 5.18. The molecule has 4 rings (SSSR count). The first kappa shape index (κ1) is 12.9. The van der Waals surface area contributed by atoms with Crippen LogP contribution in [-0.2, 0) is 0 Å². The van der Waals surface area contributed by atoms with Gasteiger partial charge in [-0.05, 0) is 31.0 Å². The average Bonchev–Trinajstić information content (AvgIpc) is 3.32. The van der Waals surface area contributed by atoms with Gasteiger partial charge in [-0.25, -0.2) is 24.3 Å². The molecule has 1 aliphatic rings. The molecule has 1 saturated carbocycles. The molecule has 1 aromatic carbocycles. The highest BCUT2D eigenvalue weighted by Gasteiger charge is 2.22. The lowest BCUT2D eigenvalue weighted by Gasteiger charge is -2.09. The van der Waals surface area contributed by atoms with E-state index in [1.54, 1.807) is 18.3 Å². The normalized spacial score (nSPS) is 14.0. The van der Waals surface area contributed by atoms with Gasteiger partial charge in [0.2, 0.25) is 5.95 Å². The molecule has 0 atom stereocenters. The van der Waals surface area contributed by atoms with Crippen LogP contribution in [0.15, 0.2) is 36.8 Å². The van der Waals surface area contributed by atoms with E-state index in [4.69, 9.17) is 0 Å². The quantitative estimate of drug-likeness (QED) is 0.771. The summed E-state index contributed by atoms with van der Waals surface area (Å²) in [7, 11) is 0. The molecule has 7 heteroatoms. The molecule has 0 aliphatic heterocycles. The number of anilines is 3. The molecule has 0 unspecified atom stereocenters. The topological polar surface area (TPSA) is 75.6 Å². The Kier molecular flexibility index (Phi) is 3.03. The van der Waals surface area contributed by atoms with E-state index in [0.29, 0.717) is 34.5 Å². The summed E-state index contributed by atoms with van der Waals surface area (Å²) < 4.78 is 13.3. The molecule has 2 N–H and O–H groups in total. The fourth-order valence-corrected chi connectivity index (χ4v) is 2.13. The van der Waals surface area contributed by atoms with E-state index in [2.05, 4.69) is 30.6 Å². The van der Waals surface area contributed by atoms with Gasteiger partial charge in [-0.3, -0.25) is 0 Å². The molecule has 2 aromatic heterocycles. The zero-order chi connectivity index (χ0) is 14.9. The predicted molar refractivity (Wildman–Crippen MR) is 81.5 cm³/mol. The highest BCUT2D eigenvalue weighted by Crippen LogP contribution is 2.25. The van der Waals surface area contributed by atoms with Gasteiger partial charge in [0.25, 0.3) is 0 Å². The second-order valence-electron chi connectivity index (χ2n) is 5.20. The van der Waals surface area contributed by atoms with E-state index in [-0.39, 0.29) is 5.82 Å². The van der Waals surface area contributed by atoms with Crippen LogP contribution < -0.4 is 10.6 Å². The van der Waals surface area contributed by atoms with Crippen LogP contribution in [0.2, 0.25) is 0 Å². The van der Waals surface area contributed by atoms with Crippen molar-refractivity contribution in [1.82, 2.24) is 19.9 Å². The van der Waals surface area contributed by atoms with Crippen molar-refractivity contribution in [3.05, 3.63) is 42.6 Å². The number of aromatic nitrogens is 4. The molecular formula is C15H13FN6. The Balaban J connectivity index is 1.72. The molecular weight excluding hydrogens is 283 g/mol. The third kappa shape index (κ3) is 2.65. The molecule has 1 aliphatic carbocycles. The Bertz CT molecular complexity index is 833. The Labute approximate surface area is 125 Å². The predicted octanol–water partition coefficient (Wildman–Crippen LogP) is 2.88. The van der Waals surface area contributed by atoms with Crippen molar-refractivity contribution < 1.29 is 4.39 Å². The van der Waals surface area contributed by atoms with Crippen molar-refractivity contribution in [2.45, 2.75) is 18.9 Å². The third-order valence-electron chi connectivity index (χ3n) is 3.38. The zero-order valence-corrected chi connectivity index (χ0v) is 11.6. The third-order valence-corrected chi connectivity index (χ3v) is 3.38. The van der Waals surface area contributed by atoms with E-state index in [9.17, 15) is 4.39 Å². The first-order valence-corrected chi connectivity index (χ1v) is 7.05. The molecule has 0 amide bonds.